The van der Waals surface area contributed by atoms with E-state index in [-0.39, 0.29) is 6.61 Å². The maximum atomic E-state index is 10.2. The number of benzene rings is 1. The zero-order valence-corrected chi connectivity index (χ0v) is 11.1. The Labute approximate surface area is 113 Å². The normalized spacial score (nSPS) is 14.1. The van der Waals surface area contributed by atoms with Gasteiger partial charge in [-0.05, 0) is 11.1 Å². The summed E-state index contributed by atoms with van der Waals surface area (Å²) in [6.07, 6.45) is -0.979. The minimum atomic E-state index is -1.03. The van der Waals surface area contributed by atoms with Gasteiger partial charge in [-0.3, -0.25) is 0 Å². The second-order valence-electron chi connectivity index (χ2n) is 4.17. The van der Waals surface area contributed by atoms with Crippen molar-refractivity contribution >= 4 is 0 Å². The Morgan fingerprint density at radius 3 is 2.42 bits per heavy atom. The lowest BCUT2D eigenvalue weighted by Crippen LogP contribution is -2.20. The first-order chi connectivity index (χ1) is 9.17. The molecule has 0 aromatic heterocycles. The standard InChI is InChI=1S/C14H19NO4/c1-18-13(19-2)7-10-5-3-4-6-12(10)14(17)11(8-15)9-16/h3-6,11,13-14,16-17H,7,9H2,1-2H3/t11-,14+/m1/s1. The molecule has 104 valence electrons. The first-order valence-electron chi connectivity index (χ1n) is 5.99. The van der Waals surface area contributed by atoms with E-state index >= 15 is 0 Å². The molecule has 0 unspecified atom stereocenters. The number of nitriles is 1. The summed E-state index contributed by atoms with van der Waals surface area (Å²) in [6.45, 7) is -0.385. The molecule has 0 bridgehead atoms. The Balaban J connectivity index is 2.98. The molecule has 0 aliphatic rings. The van der Waals surface area contributed by atoms with E-state index < -0.39 is 18.3 Å². The van der Waals surface area contributed by atoms with Crippen LogP contribution in [0.15, 0.2) is 24.3 Å². The van der Waals surface area contributed by atoms with Crippen molar-refractivity contribution in [1.82, 2.24) is 0 Å². The number of methoxy groups -OCH3 is 2. The third kappa shape index (κ3) is 4.01. The summed E-state index contributed by atoms with van der Waals surface area (Å²) in [6, 6.07) is 9.10. The molecular weight excluding hydrogens is 246 g/mol. The maximum Gasteiger partial charge on any atom is 0.160 e. The van der Waals surface area contributed by atoms with Crippen molar-refractivity contribution in [3.05, 3.63) is 35.4 Å². The summed E-state index contributed by atoms with van der Waals surface area (Å²) in [5.41, 5.74) is 1.44. The molecule has 0 saturated heterocycles. The molecule has 2 atom stereocenters. The van der Waals surface area contributed by atoms with E-state index in [9.17, 15) is 5.11 Å². The van der Waals surface area contributed by atoms with Gasteiger partial charge in [0.1, 0.15) is 0 Å². The minimum Gasteiger partial charge on any atom is -0.395 e. The second kappa shape index (κ2) is 7.87. The highest BCUT2D eigenvalue weighted by Gasteiger charge is 2.23. The summed E-state index contributed by atoms with van der Waals surface area (Å²) in [5.74, 6) is -0.843. The van der Waals surface area contributed by atoms with E-state index in [1.807, 2.05) is 18.2 Å². The predicted octanol–water partition coefficient (Wildman–Crippen LogP) is 1.01. The number of ether oxygens (including phenoxy) is 2. The van der Waals surface area contributed by atoms with Crippen molar-refractivity contribution in [2.75, 3.05) is 20.8 Å². The lowest BCUT2D eigenvalue weighted by molar-refractivity contribution is -0.101. The van der Waals surface area contributed by atoms with Crippen LogP contribution in [0.25, 0.3) is 0 Å². The van der Waals surface area contributed by atoms with Crippen LogP contribution in [0.3, 0.4) is 0 Å². The van der Waals surface area contributed by atoms with Gasteiger partial charge in [-0.25, -0.2) is 0 Å². The van der Waals surface area contributed by atoms with Crippen LogP contribution < -0.4 is 0 Å². The Hall–Kier alpha value is -1.45. The van der Waals surface area contributed by atoms with Gasteiger partial charge in [0.05, 0.1) is 24.7 Å². The molecule has 0 heterocycles. The highest BCUT2D eigenvalue weighted by molar-refractivity contribution is 5.30. The molecule has 0 saturated carbocycles. The fourth-order valence-electron chi connectivity index (χ4n) is 1.88. The van der Waals surface area contributed by atoms with Gasteiger partial charge in [-0.2, -0.15) is 5.26 Å². The van der Waals surface area contributed by atoms with Crippen LogP contribution in [-0.4, -0.2) is 37.3 Å². The summed E-state index contributed by atoms with van der Waals surface area (Å²) in [7, 11) is 3.08. The number of nitrogens with zero attached hydrogens (tertiary/aromatic N) is 1. The molecule has 0 aliphatic carbocycles. The third-order valence-corrected chi connectivity index (χ3v) is 3.03. The summed E-state index contributed by atoms with van der Waals surface area (Å²) >= 11 is 0. The number of aliphatic hydroxyl groups is 2. The van der Waals surface area contributed by atoms with Gasteiger partial charge >= 0.3 is 0 Å². The molecule has 19 heavy (non-hydrogen) atoms. The lowest BCUT2D eigenvalue weighted by Gasteiger charge is -2.20. The molecule has 0 spiro atoms. The van der Waals surface area contributed by atoms with Crippen molar-refractivity contribution in [1.29, 1.82) is 5.26 Å². The average molecular weight is 265 g/mol. The fraction of sp³-hybridized carbons (Fsp3) is 0.500. The lowest BCUT2D eigenvalue weighted by atomic mass is 9.92. The first-order valence-corrected chi connectivity index (χ1v) is 5.99. The zero-order chi connectivity index (χ0) is 14.3. The number of aliphatic hydroxyl groups excluding tert-OH is 2. The van der Waals surface area contributed by atoms with Crippen LogP contribution in [0.4, 0.5) is 0 Å². The highest BCUT2D eigenvalue weighted by atomic mass is 16.7. The molecule has 0 radical (unpaired) electrons. The maximum absolute atomic E-state index is 10.2. The predicted molar refractivity (Wildman–Crippen MR) is 69.1 cm³/mol. The van der Waals surface area contributed by atoms with E-state index in [0.717, 1.165) is 5.56 Å². The van der Waals surface area contributed by atoms with Crippen molar-refractivity contribution in [3.63, 3.8) is 0 Å². The van der Waals surface area contributed by atoms with Crippen LogP contribution in [-0.2, 0) is 15.9 Å². The molecule has 0 amide bonds. The van der Waals surface area contributed by atoms with Crippen molar-refractivity contribution < 1.29 is 19.7 Å². The Kier molecular flexibility index (Phi) is 6.46. The van der Waals surface area contributed by atoms with E-state index in [0.29, 0.717) is 12.0 Å². The number of hydrogen-bond acceptors (Lipinski definition) is 5. The molecule has 1 rings (SSSR count). The smallest absolute Gasteiger partial charge is 0.160 e. The van der Waals surface area contributed by atoms with E-state index in [4.69, 9.17) is 19.8 Å². The van der Waals surface area contributed by atoms with E-state index in [2.05, 4.69) is 0 Å². The van der Waals surface area contributed by atoms with Crippen molar-refractivity contribution in [3.8, 4) is 6.07 Å². The SMILES string of the molecule is COC(Cc1ccccc1[C@@H](O)[C@H](C#N)CO)OC. The van der Waals surface area contributed by atoms with E-state index in [1.165, 1.54) is 0 Å². The molecular formula is C14H19NO4. The zero-order valence-electron chi connectivity index (χ0n) is 11.1. The first kappa shape index (κ1) is 15.6. The van der Waals surface area contributed by atoms with Gasteiger partial charge in [-0.15, -0.1) is 0 Å². The largest absolute Gasteiger partial charge is 0.395 e. The summed E-state index contributed by atoms with van der Waals surface area (Å²) in [4.78, 5) is 0. The fourth-order valence-corrected chi connectivity index (χ4v) is 1.88. The van der Waals surface area contributed by atoms with Gasteiger partial charge in [0, 0.05) is 20.6 Å². The highest BCUT2D eigenvalue weighted by Crippen LogP contribution is 2.26. The number of rotatable bonds is 7. The Bertz CT molecular complexity index is 426. The molecule has 1 aromatic carbocycles. The molecule has 5 nitrogen and oxygen atoms in total. The number of hydrogen-bond donors (Lipinski definition) is 2. The average Bonchev–Trinajstić information content (AvgIpc) is 2.46. The van der Waals surface area contributed by atoms with Gasteiger partial charge < -0.3 is 19.7 Å². The van der Waals surface area contributed by atoms with Gasteiger partial charge in [0.15, 0.2) is 6.29 Å². The van der Waals surface area contributed by atoms with E-state index in [1.54, 1.807) is 26.4 Å². The molecule has 0 fully saturated rings. The van der Waals surface area contributed by atoms with Crippen LogP contribution in [0, 0.1) is 17.2 Å². The monoisotopic (exact) mass is 265 g/mol. The Morgan fingerprint density at radius 1 is 1.26 bits per heavy atom. The van der Waals surface area contributed by atoms with Gasteiger partial charge in [0.25, 0.3) is 0 Å². The van der Waals surface area contributed by atoms with Crippen LogP contribution in [0.2, 0.25) is 0 Å². The van der Waals surface area contributed by atoms with Crippen molar-refractivity contribution in [2.45, 2.75) is 18.8 Å². The summed E-state index contributed by atoms with van der Waals surface area (Å²) < 4.78 is 10.3. The summed E-state index contributed by atoms with van der Waals surface area (Å²) in [5, 5.41) is 28.1. The molecule has 2 N–H and O–H groups in total. The van der Waals surface area contributed by atoms with Gasteiger partial charge in [0.2, 0.25) is 0 Å². The van der Waals surface area contributed by atoms with Crippen molar-refractivity contribution in [2.24, 2.45) is 5.92 Å². The Morgan fingerprint density at radius 2 is 1.89 bits per heavy atom. The molecule has 0 aliphatic heterocycles. The molecule has 1 aromatic rings. The quantitative estimate of drug-likeness (QED) is 0.719. The van der Waals surface area contributed by atoms with Crippen LogP contribution in [0.1, 0.15) is 17.2 Å². The van der Waals surface area contributed by atoms with Crippen LogP contribution in [0.5, 0.6) is 0 Å². The minimum absolute atomic E-state index is 0.385. The topological polar surface area (TPSA) is 82.7 Å². The second-order valence-corrected chi connectivity index (χ2v) is 4.17. The third-order valence-electron chi connectivity index (χ3n) is 3.03. The van der Waals surface area contributed by atoms with Gasteiger partial charge in [-0.1, -0.05) is 24.3 Å². The molecule has 5 heteroatoms. The van der Waals surface area contributed by atoms with Crippen LogP contribution >= 0.6 is 0 Å².